The van der Waals surface area contributed by atoms with Crippen molar-refractivity contribution >= 4 is 33.2 Å². The number of pyridine rings is 1. The first-order valence-electron chi connectivity index (χ1n) is 10.4. The predicted octanol–water partition coefficient (Wildman–Crippen LogP) is 2.32. The van der Waals surface area contributed by atoms with E-state index in [4.69, 9.17) is 23.7 Å². The Balaban J connectivity index is 1.89. The van der Waals surface area contributed by atoms with Crippen LogP contribution in [0.15, 0.2) is 29.1 Å². The molecule has 1 aliphatic heterocycles. The van der Waals surface area contributed by atoms with Crippen molar-refractivity contribution in [3.8, 4) is 11.5 Å². The zero-order valence-corrected chi connectivity index (χ0v) is 17.9. The highest BCUT2D eigenvalue weighted by molar-refractivity contribution is 5.99. The van der Waals surface area contributed by atoms with E-state index in [1.807, 2.05) is 0 Å². The summed E-state index contributed by atoms with van der Waals surface area (Å²) >= 11 is 0. The Morgan fingerprint density at radius 3 is 1.41 bits per heavy atom. The molecule has 1 aromatic heterocycles. The average molecular weight is 475 g/mol. The van der Waals surface area contributed by atoms with Gasteiger partial charge in [0.2, 0.25) is 0 Å². The van der Waals surface area contributed by atoms with Crippen LogP contribution in [0.25, 0.3) is 21.8 Å². The van der Waals surface area contributed by atoms with Gasteiger partial charge in [-0.3, -0.25) is 25.0 Å². The van der Waals surface area contributed by atoms with Gasteiger partial charge in [-0.15, -0.1) is 0 Å². The Morgan fingerprint density at radius 1 is 0.647 bits per heavy atom. The summed E-state index contributed by atoms with van der Waals surface area (Å²) in [7, 11) is 0. The van der Waals surface area contributed by atoms with Gasteiger partial charge < -0.3 is 28.7 Å². The van der Waals surface area contributed by atoms with Gasteiger partial charge in [-0.1, -0.05) is 0 Å². The highest BCUT2D eigenvalue weighted by Crippen LogP contribution is 2.34. The lowest BCUT2D eigenvalue weighted by Crippen LogP contribution is -2.15. The van der Waals surface area contributed by atoms with Crippen LogP contribution in [0.2, 0.25) is 0 Å². The van der Waals surface area contributed by atoms with Gasteiger partial charge >= 0.3 is 0 Å². The number of nitro benzene ring substituents is 2. The number of aromatic amines is 1. The van der Waals surface area contributed by atoms with Gasteiger partial charge in [0.1, 0.15) is 24.7 Å². The third-order valence-corrected chi connectivity index (χ3v) is 5.05. The standard InChI is InChI=1S/C21H21N3O10/c25-21-15-9-13(23(26)27)11-17-19(15)22-20-16(21)10-14(24(28)29)12-18(20)34-8-6-32-4-2-30-1-3-31-5-7-33-17/h9-12H,1-8H2,(H,22,25). The van der Waals surface area contributed by atoms with Crippen LogP contribution in [0.4, 0.5) is 11.4 Å². The molecule has 3 aromatic rings. The maximum Gasteiger partial charge on any atom is 0.274 e. The number of nitrogens with one attached hydrogen (secondary N) is 1. The van der Waals surface area contributed by atoms with Crippen molar-refractivity contribution in [2.75, 3.05) is 52.9 Å². The number of hydrogen-bond donors (Lipinski definition) is 1. The molecule has 4 rings (SSSR count). The fraction of sp³-hybridized carbons (Fsp3) is 0.381. The molecule has 13 nitrogen and oxygen atoms in total. The van der Waals surface area contributed by atoms with Crippen LogP contribution in [0.1, 0.15) is 0 Å². The van der Waals surface area contributed by atoms with E-state index in [-0.39, 0.29) is 71.1 Å². The second kappa shape index (κ2) is 10.4. The summed E-state index contributed by atoms with van der Waals surface area (Å²) in [6, 6.07) is 4.61. The van der Waals surface area contributed by atoms with E-state index in [1.165, 1.54) is 12.1 Å². The van der Waals surface area contributed by atoms with E-state index in [0.29, 0.717) is 26.4 Å². The Kier molecular flexibility index (Phi) is 7.15. The van der Waals surface area contributed by atoms with E-state index in [9.17, 15) is 25.0 Å². The molecule has 2 aromatic carbocycles. The summed E-state index contributed by atoms with van der Waals surface area (Å²) in [6.07, 6.45) is 0. The minimum absolute atomic E-state index is 0.0461. The molecule has 180 valence electrons. The van der Waals surface area contributed by atoms with Crippen LogP contribution < -0.4 is 14.9 Å². The number of rotatable bonds is 2. The SMILES string of the molecule is O=c1c2cc([N+](=O)[O-])cc3c2[nH]c2c(cc([N+](=O)[O-])cc12)OCCOCCOCCOCCO3. The molecule has 0 spiro atoms. The van der Waals surface area contributed by atoms with Gasteiger partial charge in [-0.05, 0) is 0 Å². The summed E-state index contributed by atoms with van der Waals surface area (Å²) < 4.78 is 27.7. The van der Waals surface area contributed by atoms with Gasteiger partial charge in [-0.25, -0.2) is 0 Å². The zero-order valence-electron chi connectivity index (χ0n) is 17.9. The smallest absolute Gasteiger partial charge is 0.274 e. The third-order valence-electron chi connectivity index (χ3n) is 5.05. The van der Waals surface area contributed by atoms with E-state index < -0.39 is 15.3 Å². The highest BCUT2D eigenvalue weighted by atomic mass is 16.6. The maximum absolute atomic E-state index is 13.3. The molecule has 0 amide bonds. The highest BCUT2D eigenvalue weighted by Gasteiger charge is 2.21. The predicted molar refractivity (Wildman–Crippen MR) is 119 cm³/mol. The number of hydrogen-bond acceptors (Lipinski definition) is 10. The quantitative estimate of drug-likeness (QED) is 0.330. The minimum Gasteiger partial charge on any atom is -0.489 e. The normalized spacial score (nSPS) is 16.0. The van der Waals surface area contributed by atoms with Gasteiger partial charge in [0.15, 0.2) is 5.43 Å². The van der Waals surface area contributed by atoms with Gasteiger partial charge in [-0.2, -0.15) is 0 Å². The molecule has 1 aliphatic rings. The molecule has 1 N–H and O–H groups in total. The summed E-state index contributed by atoms with van der Waals surface area (Å²) in [5, 5.41) is 22.8. The molecule has 2 bridgehead atoms. The summed E-state index contributed by atoms with van der Waals surface area (Å²) in [5.74, 6) is 0.133. The molecule has 2 heterocycles. The molecule has 0 saturated heterocycles. The van der Waals surface area contributed by atoms with Crippen molar-refractivity contribution in [2.24, 2.45) is 0 Å². The number of nitro groups is 2. The molecule has 0 saturated carbocycles. The van der Waals surface area contributed by atoms with Gasteiger partial charge in [0.25, 0.3) is 11.4 Å². The number of H-pyrrole nitrogens is 1. The third kappa shape index (κ3) is 5.06. The molecule has 0 fully saturated rings. The van der Waals surface area contributed by atoms with Crippen molar-refractivity contribution in [1.82, 2.24) is 4.98 Å². The van der Waals surface area contributed by atoms with Crippen molar-refractivity contribution < 1.29 is 33.5 Å². The van der Waals surface area contributed by atoms with Gasteiger partial charge in [0.05, 0.1) is 83.4 Å². The molecule has 34 heavy (non-hydrogen) atoms. The summed E-state index contributed by atoms with van der Waals surface area (Å²) in [5.41, 5.74) is -0.958. The first-order valence-corrected chi connectivity index (χ1v) is 10.4. The van der Waals surface area contributed by atoms with E-state index in [0.717, 1.165) is 12.1 Å². The van der Waals surface area contributed by atoms with Crippen LogP contribution in [-0.2, 0) is 14.2 Å². The Morgan fingerprint density at radius 2 is 1.03 bits per heavy atom. The zero-order chi connectivity index (χ0) is 24.1. The number of non-ortho nitro benzene ring substituents is 2. The minimum atomic E-state index is -0.649. The lowest BCUT2D eigenvalue weighted by molar-refractivity contribution is -0.384. The lowest BCUT2D eigenvalue weighted by atomic mass is 10.1. The lowest BCUT2D eigenvalue weighted by Gasteiger charge is -2.14. The van der Waals surface area contributed by atoms with Crippen LogP contribution in [0.3, 0.4) is 0 Å². The first-order chi connectivity index (χ1) is 16.5. The summed E-state index contributed by atoms with van der Waals surface area (Å²) in [6.45, 7) is 1.83. The van der Waals surface area contributed by atoms with E-state index >= 15 is 0 Å². The number of aromatic nitrogens is 1. The number of ether oxygens (including phenoxy) is 5. The monoisotopic (exact) mass is 475 g/mol. The van der Waals surface area contributed by atoms with E-state index in [1.54, 1.807) is 0 Å². The Labute approximate surface area is 191 Å². The number of nitrogens with zero attached hydrogens (tertiary/aromatic N) is 2. The topological polar surface area (TPSA) is 165 Å². The van der Waals surface area contributed by atoms with Crippen molar-refractivity contribution in [2.45, 2.75) is 0 Å². The molecule has 0 aliphatic carbocycles. The molecule has 0 atom stereocenters. The van der Waals surface area contributed by atoms with E-state index in [2.05, 4.69) is 4.98 Å². The van der Waals surface area contributed by atoms with Crippen LogP contribution in [0, 0.1) is 20.2 Å². The average Bonchev–Trinajstić information content (AvgIpc) is 2.81. The largest absolute Gasteiger partial charge is 0.489 e. The fourth-order valence-electron chi connectivity index (χ4n) is 3.49. The maximum atomic E-state index is 13.3. The van der Waals surface area contributed by atoms with Crippen molar-refractivity contribution in [3.63, 3.8) is 0 Å². The second-order valence-corrected chi connectivity index (χ2v) is 7.24. The first kappa shape index (κ1) is 23.4. The molecule has 13 heteroatoms. The Bertz CT molecular complexity index is 1200. The van der Waals surface area contributed by atoms with Crippen LogP contribution >= 0.6 is 0 Å². The number of benzene rings is 2. The second-order valence-electron chi connectivity index (χ2n) is 7.24. The molecular formula is C21H21N3O10. The fourth-order valence-corrected chi connectivity index (χ4v) is 3.49. The van der Waals surface area contributed by atoms with Crippen molar-refractivity contribution in [1.29, 1.82) is 0 Å². The molecular weight excluding hydrogens is 454 g/mol. The van der Waals surface area contributed by atoms with Crippen LogP contribution in [0.5, 0.6) is 11.5 Å². The van der Waals surface area contributed by atoms with Crippen molar-refractivity contribution in [3.05, 3.63) is 54.7 Å². The summed E-state index contributed by atoms with van der Waals surface area (Å²) in [4.78, 5) is 37.9. The Hall–Kier alpha value is -3.81. The molecule has 0 unspecified atom stereocenters. The van der Waals surface area contributed by atoms with Gasteiger partial charge in [0, 0.05) is 12.1 Å². The molecule has 0 radical (unpaired) electrons. The van der Waals surface area contributed by atoms with Crippen LogP contribution in [-0.4, -0.2) is 67.7 Å².